The van der Waals surface area contributed by atoms with Crippen LogP contribution in [0.25, 0.3) is 0 Å². The third-order valence-electron chi connectivity index (χ3n) is 4.73. The second kappa shape index (κ2) is 4.76. The maximum atomic E-state index is 6.12. The van der Waals surface area contributed by atoms with Crippen LogP contribution in [0.15, 0.2) is 0 Å². The van der Waals surface area contributed by atoms with Gasteiger partial charge in [-0.2, -0.15) is 5.10 Å². The molecule has 0 N–H and O–H groups in total. The van der Waals surface area contributed by atoms with Crippen molar-refractivity contribution in [3.63, 3.8) is 0 Å². The van der Waals surface area contributed by atoms with Crippen LogP contribution in [0.5, 0.6) is 0 Å². The summed E-state index contributed by atoms with van der Waals surface area (Å²) in [7, 11) is 2.05. The summed E-state index contributed by atoms with van der Waals surface area (Å²) < 4.78 is 2.03. The zero-order valence-corrected chi connectivity index (χ0v) is 12.1. The van der Waals surface area contributed by atoms with Gasteiger partial charge in [-0.25, -0.2) is 0 Å². The van der Waals surface area contributed by atoms with E-state index in [2.05, 4.69) is 24.0 Å². The van der Waals surface area contributed by atoms with Crippen molar-refractivity contribution < 1.29 is 0 Å². The Morgan fingerprint density at radius 2 is 2.06 bits per heavy atom. The van der Waals surface area contributed by atoms with Crippen LogP contribution in [0.3, 0.4) is 0 Å². The van der Waals surface area contributed by atoms with Crippen LogP contribution >= 0.6 is 11.6 Å². The molecule has 1 saturated carbocycles. The molecule has 2 aliphatic rings. The number of aromatic nitrogens is 2. The van der Waals surface area contributed by atoms with Gasteiger partial charge < -0.3 is 4.90 Å². The molecule has 0 bridgehead atoms. The van der Waals surface area contributed by atoms with Gasteiger partial charge in [0, 0.05) is 25.2 Å². The summed E-state index contributed by atoms with van der Waals surface area (Å²) in [6.45, 7) is 3.24. The average Bonchev–Trinajstić information content (AvgIpc) is 2.89. The first-order chi connectivity index (χ1) is 8.72. The van der Waals surface area contributed by atoms with Crippen molar-refractivity contribution in [2.75, 3.05) is 11.4 Å². The number of halogens is 1. The van der Waals surface area contributed by atoms with Crippen molar-refractivity contribution >= 4 is 17.4 Å². The second-order valence-corrected chi connectivity index (χ2v) is 6.01. The van der Waals surface area contributed by atoms with Crippen LogP contribution < -0.4 is 4.90 Å². The Bertz CT molecular complexity index is 440. The first kappa shape index (κ1) is 12.3. The van der Waals surface area contributed by atoms with Crippen LogP contribution in [0.4, 0.5) is 5.82 Å². The Kier molecular flexibility index (Phi) is 3.27. The lowest BCUT2D eigenvalue weighted by Gasteiger charge is -2.33. The Hall–Kier alpha value is -0.700. The Balaban J connectivity index is 1.95. The van der Waals surface area contributed by atoms with Crippen molar-refractivity contribution in [2.24, 2.45) is 13.0 Å². The van der Waals surface area contributed by atoms with Crippen LogP contribution in [-0.2, 0) is 12.9 Å². The SMILES string of the molecule is Cc1nn(C)c(N2CCC3CCCCC32)c1CCl. The third-order valence-corrected chi connectivity index (χ3v) is 5.00. The van der Waals surface area contributed by atoms with Gasteiger partial charge in [-0.1, -0.05) is 12.8 Å². The van der Waals surface area contributed by atoms with Gasteiger partial charge in [-0.3, -0.25) is 4.68 Å². The minimum atomic E-state index is 0.572. The van der Waals surface area contributed by atoms with Crippen LogP contribution in [0.2, 0.25) is 0 Å². The molecule has 1 aliphatic carbocycles. The van der Waals surface area contributed by atoms with Crippen molar-refractivity contribution in [3.8, 4) is 0 Å². The summed E-state index contributed by atoms with van der Waals surface area (Å²) >= 11 is 6.12. The summed E-state index contributed by atoms with van der Waals surface area (Å²) in [5, 5.41) is 4.55. The van der Waals surface area contributed by atoms with Crippen molar-refractivity contribution in [1.29, 1.82) is 0 Å². The molecule has 18 heavy (non-hydrogen) atoms. The van der Waals surface area contributed by atoms with E-state index < -0.39 is 0 Å². The lowest BCUT2D eigenvalue weighted by Crippen LogP contribution is -2.36. The van der Waals surface area contributed by atoms with Gasteiger partial charge in [0.25, 0.3) is 0 Å². The molecule has 2 unspecified atom stereocenters. The Labute approximate surface area is 114 Å². The number of fused-ring (bicyclic) bond motifs is 1. The molecule has 3 nitrogen and oxygen atoms in total. The molecule has 2 fully saturated rings. The quantitative estimate of drug-likeness (QED) is 0.767. The number of anilines is 1. The number of nitrogens with zero attached hydrogens (tertiary/aromatic N) is 3. The molecular formula is C14H22ClN3. The predicted molar refractivity (Wildman–Crippen MR) is 75.2 cm³/mol. The third kappa shape index (κ3) is 1.83. The van der Waals surface area contributed by atoms with E-state index in [0.717, 1.165) is 17.7 Å². The minimum Gasteiger partial charge on any atom is -0.353 e. The fourth-order valence-corrected chi connectivity index (χ4v) is 4.19. The Morgan fingerprint density at radius 1 is 1.28 bits per heavy atom. The van der Waals surface area contributed by atoms with Crippen molar-refractivity contribution in [2.45, 2.75) is 50.9 Å². The van der Waals surface area contributed by atoms with E-state index in [9.17, 15) is 0 Å². The van der Waals surface area contributed by atoms with E-state index in [1.807, 2.05) is 4.68 Å². The van der Waals surface area contributed by atoms with E-state index in [1.54, 1.807) is 0 Å². The summed E-state index contributed by atoms with van der Waals surface area (Å²) in [5.74, 6) is 2.75. The molecule has 4 heteroatoms. The summed E-state index contributed by atoms with van der Waals surface area (Å²) in [6.07, 6.45) is 6.90. The zero-order chi connectivity index (χ0) is 12.7. The number of aryl methyl sites for hydroxylation is 2. The number of rotatable bonds is 2. The van der Waals surface area contributed by atoms with E-state index in [4.69, 9.17) is 11.6 Å². The molecular weight excluding hydrogens is 246 g/mol. The lowest BCUT2D eigenvalue weighted by atomic mass is 9.85. The summed E-state index contributed by atoms with van der Waals surface area (Å²) in [6, 6.07) is 0.732. The number of alkyl halides is 1. The fraction of sp³-hybridized carbons (Fsp3) is 0.786. The van der Waals surface area contributed by atoms with Crippen LogP contribution in [-0.4, -0.2) is 22.4 Å². The predicted octanol–water partition coefficient (Wildman–Crippen LogP) is 3.24. The molecule has 1 aromatic rings. The van der Waals surface area contributed by atoms with Gasteiger partial charge in [0.2, 0.25) is 0 Å². The van der Waals surface area contributed by atoms with Gasteiger partial charge in [0.15, 0.2) is 0 Å². The van der Waals surface area contributed by atoms with Crippen LogP contribution in [0, 0.1) is 12.8 Å². The van der Waals surface area contributed by atoms with Crippen LogP contribution in [0.1, 0.15) is 43.4 Å². The summed E-state index contributed by atoms with van der Waals surface area (Å²) in [4.78, 5) is 2.58. The smallest absolute Gasteiger partial charge is 0.131 e. The molecule has 1 aromatic heterocycles. The summed E-state index contributed by atoms with van der Waals surface area (Å²) in [5.41, 5.74) is 2.31. The molecule has 3 rings (SSSR count). The number of hydrogen-bond acceptors (Lipinski definition) is 2. The van der Waals surface area contributed by atoms with E-state index in [-0.39, 0.29) is 0 Å². The molecule has 0 spiro atoms. The monoisotopic (exact) mass is 267 g/mol. The minimum absolute atomic E-state index is 0.572. The van der Waals surface area contributed by atoms with E-state index >= 15 is 0 Å². The lowest BCUT2D eigenvalue weighted by molar-refractivity contribution is 0.340. The molecule has 1 aliphatic heterocycles. The molecule has 0 amide bonds. The highest BCUT2D eigenvalue weighted by Crippen LogP contribution is 2.40. The standard InChI is InChI=1S/C14H22ClN3/c1-10-12(9-15)14(17(2)16-10)18-8-7-11-5-3-4-6-13(11)18/h11,13H,3-9H2,1-2H3. The first-order valence-electron chi connectivity index (χ1n) is 7.07. The molecule has 2 atom stereocenters. The second-order valence-electron chi connectivity index (χ2n) is 5.74. The largest absolute Gasteiger partial charge is 0.353 e. The molecule has 2 heterocycles. The van der Waals surface area contributed by atoms with Gasteiger partial charge in [-0.15, -0.1) is 11.6 Å². The highest BCUT2D eigenvalue weighted by atomic mass is 35.5. The van der Waals surface area contributed by atoms with Crippen molar-refractivity contribution in [1.82, 2.24) is 9.78 Å². The van der Waals surface area contributed by atoms with Gasteiger partial charge in [-0.05, 0) is 32.1 Å². The van der Waals surface area contributed by atoms with E-state index in [1.165, 1.54) is 50.0 Å². The number of hydrogen-bond donors (Lipinski definition) is 0. The highest BCUT2D eigenvalue weighted by Gasteiger charge is 2.37. The van der Waals surface area contributed by atoms with Gasteiger partial charge >= 0.3 is 0 Å². The normalized spacial score (nSPS) is 27.6. The van der Waals surface area contributed by atoms with E-state index in [0.29, 0.717) is 5.88 Å². The first-order valence-corrected chi connectivity index (χ1v) is 7.61. The maximum absolute atomic E-state index is 6.12. The maximum Gasteiger partial charge on any atom is 0.131 e. The topological polar surface area (TPSA) is 21.1 Å². The zero-order valence-electron chi connectivity index (χ0n) is 11.3. The molecule has 0 aromatic carbocycles. The molecule has 0 radical (unpaired) electrons. The molecule has 100 valence electrons. The highest BCUT2D eigenvalue weighted by molar-refractivity contribution is 6.17. The van der Waals surface area contributed by atoms with Gasteiger partial charge in [0.05, 0.1) is 11.6 Å². The average molecular weight is 268 g/mol. The molecule has 1 saturated heterocycles. The van der Waals surface area contributed by atoms with Gasteiger partial charge in [0.1, 0.15) is 5.82 Å². The van der Waals surface area contributed by atoms with Crippen molar-refractivity contribution in [3.05, 3.63) is 11.3 Å². The Morgan fingerprint density at radius 3 is 2.83 bits per heavy atom. The fourth-order valence-electron chi connectivity index (χ4n) is 3.87.